The van der Waals surface area contributed by atoms with E-state index in [-0.39, 0.29) is 0 Å². The molecule has 1 aromatic heterocycles. The summed E-state index contributed by atoms with van der Waals surface area (Å²) in [4.78, 5) is 7.03. The molecule has 2 fully saturated rings. The predicted molar refractivity (Wildman–Crippen MR) is 70.1 cm³/mol. The van der Waals surface area contributed by atoms with Crippen LogP contribution < -0.4 is 5.32 Å². The Balaban J connectivity index is 1.69. The minimum atomic E-state index is 0.713. The Morgan fingerprint density at radius 3 is 3.28 bits per heavy atom. The van der Waals surface area contributed by atoms with Gasteiger partial charge in [0.1, 0.15) is 12.2 Å². The van der Waals surface area contributed by atoms with Crippen molar-refractivity contribution in [2.45, 2.75) is 45.3 Å². The molecule has 18 heavy (non-hydrogen) atoms. The lowest BCUT2D eigenvalue weighted by Gasteiger charge is -2.36. The van der Waals surface area contributed by atoms with Crippen LogP contribution in [0.1, 0.15) is 32.0 Å². The van der Waals surface area contributed by atoms with E-state index in [0.29, 0.717) is 6.04 Å². The number of fused-ring (bicyclic) bond motifs is 1. The lowest BCUT2D eigenvalue weighted by Crippen LogP contribution is -2.44. The molecule has 5 heteroatoms. The lowest BCUT2D eigenvalue weighted by molar-refractivity contribution is 0.112. The van der Waals surface area contributed by atoms with Gasteiger partial charge in [-0.15, -0.1) is 0 Å². The van der Waals surface area contributed by atoms with Crippen molar-refractivity contribution in [3.63, 3.8) is 0 Å². The van der Waals surface area contributed by atoms with E-state index in [9.17, 15) is 0 Å². The highest BCUT2D eigenvalue weighted by Gasteiger charge is 2.35. The van der Waals surface area contributed by atoms with Crippen LogP contribution in [0.3, 0.4) is 0 Å². The van der Waals surface area contributed by atoms with Crippen molar-refractivity contribution in [2.75, 3.05) is 19.6 Å². The number of aromatic nitrogens is 3. The number of likely N-dealkylation sites (tertiary alicyclic amines) is 1. The minimum Gasteiger partial charge on any atom is -0.315 e. The molecule has 0 aliphatic carbocycles. The van der Waals surface area contributed by atoms with Crippen molar-refractivity contribution in [3.05, 3.63) is 12.2 Å². The zero-order chi connectivity index (χ0) is 12.4. The second-order valence-electron chi connectivity index (χ2n) is 5.50. The fourth-order valence-electron chi connectivity index (χ4n) is 3.35. The molecule has 1 N–H and O–H groups in total. The van der Waals surface area contributed by atoms with Crippen LogP contribution in [0.2, 0.25) is 0 Å². The number of nitrogens with one attached hydrogen (secondary N) is 1. The first-order valence-corrected chi connectivity index (χ1v) is 7.20. The van der Waals surface area contributed by atoms with Gasteiger partial charge in [-0.2, -0.15) is 5.10 Å². The third-order valence-electron chi connectivity index (χ3n) is 4.27. The van der Waals surface area contributed by atoms with Gasteiger partial charge in [0.05, 0.1) is 6.54 Å². The smallest absolute Gasteiger partial charge is 0.141 e. The second kappa shape index (κ2) is 5.36. The Bertz CT molecular complexity index is 388. The number of hydrogen-bond donors (Lipinski definition) is 1. The van der Waals surface area contributed by atoms with Crippen LogP contribution in [-0.4, -0.2) is 45.3 Å². The van der Waals surface area contributed by atoms with Crippen LogP contribution in [0.25, 0.3) is 0 Å². The summed E-state index contributed by atoms with van der Waals surface area (Å²) in [6, 6.07) is 0.713. The van der Waals surface area contributed by atoms with E-state index in [1.807, 2.05) is 0 Å². The third-order valence-corrected chi connectivity index (χ3v) is 4.27. The van der Waals surface area contributed by atoms with E-state index in [1.54, 1.807) is 6.33 Å². The molecule has 5 nitrogen and oxygen atoms in total. The summed E-state index contributed by atoms with van der Waals surface area (Å²) in [5.41, 5.74) is 0. The maximum Gasteiger partial charge on any atom is 0.141 e. The summed E-state index contributed by atoms with van der Waals surface area (Å²) in [5, 5.41) is 7.85. The van der Waals surface area contributed by atoms with Gasteiger partial charge in [0, 0.05) is 19.1 Å². The molecule has 2 aliphatic rings. The third kappa shape index (κ3) is 2.29. The van der Waals surface area contributed by atoms with Crippen molar-refractivity contribution in [2.24, 2.45) is 5.92 Å². The standard InChI is InChI=1S/C13H23N5/c1-2-5-18-13(15-10-16-18)9-17-6-3-4-11-7-14-8-12(11)17/h10-12,14H,2-9H2,1H3. The molecule has 2 aliphatic heterocycles. The van der Waals surface area contributed by atoms with E-state index < -0.39 is 0 Å². The van der Waals surface area contributed by atoms with E-state index in [0.717, 1.165) is 37.8 Å². The largest absolute Gasteiger partial charge is 0.315 e. The first kappa shape index (κ1) is 12.1. The summed E-state index contributed by atoms with van der Waals surface area (Å²) in [6.07, 6.45) is 5.52. The van der Waals surface area contributed by atoms with Gasteiger partial charge >= 0.3 is 0 Å². The predicted octanol–water partition coefficient (Wildman–Crippen LogP) is 0.872. The topological polar surface area (TPSA) is 46.0 Å². The highest BCUT2D eigenvalue weighted by molar-refractivity contribution is 4.95. The van der Waals surface area contributed by atoms with Crippen LogP contribution in [0, 0.1) is 5.92 Å². The quantitative estimate of drug-likeness (QED) is 0.860. The maximum absolute atomic E-state index is 4.43. The van der Waals surface area contributed by atoms with Crippen LogP contribution >= 0.6 is 0 Å². The molecule has 0 bridgehead atoms. The Morgan fingerprint density at radius 1 is 1.44 bits per heavy atom. The first-order valence-electron chi connectivity index (χ1n) is 7.20. The normalized spacial score (nSPS) is 28.5. The van der Waals surface area contributed by atoms with Crippen LogP contribution in [0.4, 0.5) is 0 Å². The van der Waals surface area contributed by atoms with Gasteiger partial charge in [-0.1, -0.05) is 6.92 Å². The second-order valence-corrected chi connectivity index (χ2v) is 5.50. The molecule has 3 heterocycles. The average Bonchev–Trinajstić information content (AvgIpc) is 3.00. The summed E-state index contributed by atoms with van der Waals surface area (Å²) in [5.74, 6) is 1.98. The zero-order valence-corrected chi connectivity index (χ0v) is 11.2. The number of rotatable bonds is 4. The van der Waals surface area contributed by atoms with Gasteiger partial charge in [-0.05, 0) is 38.3 Å². The zero-order valence-electron chi connectivity index (χ0n) is 11.2. The Kier molecular flexibility index (Phi) is 3.61. The molecule has 0 aromatic carbocycles. The van der Waals surface area contributed by atoms with Gasteiger partial charge in [0.25, 0.3) is 0 Å². The summed E-state index contributed by atoms with van der Waals surface area (Å²) >= 11 is 0. The van der Waals surface area contributed by atoms with Gasteiger partial charge in [0.2, 0.25) is 0 Å². The van der Waals surface area contributed by atoms with Crippen molar-refractivity contribution >= 4 is 0 Å². The fourth-order valence-corrected chi connectivity index (χ4v) is 3.35. The van der Waals surface area contributed by atoms with Crippen LogP contribution in [-0.2, 0) is 13.1 Å². The van der Waals surface area contributed by atoms with Gasteiger partial charge < -0.3 is 5.32 Å². The maximum atomic E-state index is 4.43. The van der Waals surface area contributed by atoms with Gasteiger partial charge in [-0.3, -0.25) is 4.90 Å². The molecule has 0 spiro atoms. The highest BCUT2D eigenvalue weighted by atomic mass is 15.4. The molecule has 3 rings (SSSR count). The summed E-state index contributed by atoms with van der Waals surface area (Å²) in [6.45, 7) is 7.68. The highest BCUT2D eigenvalue weighted by Crippen LogP contribution is 2.27. The van der Waals surface area contributed by atoms with Crippen molar-refractivity contribution < 1.29 is 0 Å². The van der Waals surface area contributed by atoms with Crippen LogP contribution in [0.15, 0.2) is 6.33 Å². The van der Waals surface area contributed by atoms with E-state index in [4.69, 9.17) is 0 Å². The Morgan fingerprint density at radius 2 is 2.39 bits per heavy atom. The Labute approximate surface area is 109 Å². The van der Waals surface area contributed by atoms with Gasteiger partial charge in [-0.25, -0.2) is 9.67 Å². The van der Waals surface area contributed by atoms with E-state index in [2.05, 4.69) is 31.9 Å². The van der Waals surface area contributed by atoms with E-state index in [1.165, 1.54) is 25.9 Å². The average molecular weight is 249 g/mol. The molecule has 2 unspecified atom stereocenters. The van der Waals surface area contributed by atoms with Crippen molar-refractivity contribution in [1.82, 2.24) is 25.0 Å². The Hall–Kier alpha value is -0.940. The minimum absolute atomic E-state index is 0.713. The number of aryl methyl sites for hydroxylation is 1. The number of nitrogens with zero attached hydrogens (tertiary/aromatic N) is 4. The van der Waals surface area contributed by atoms with Crippen LogP contribution in [0.5, 0.6) is 0 Å². The van der Waals surface area contributed by atoms with Crippen molar-refractivity contribution in [3.8, 4) is 0 Å². The number of piperidine rings is 1. The number of hydrogen-bond acceptors (Lipinski definition) is 4. The van der Waals surface area contributed by atoms with Gasteiger partial charge in [0.15, 0.2) is 0 Å². The molecular weight excluding hydrogens is 226 g/mol. The molecule has 100 valence electrons. The van der Waals surface area contributed by atoms with Crippen molar-refractivity contribution in [1.29, 1.82) is 0 Å². The van der Waals surface area contributed by atoms with E-state index >= 15 is 0 Å². The molecule has 0 saturated carbocycles. The summed E-state index contributed by atoms with van der Waals surface area (Å²) in [7, 11) is 0. The molecular formula is C13H23N5. The molecule has 0 radical (unpaired) electrons. The molecule has 2 saturated heterocycles. The fraction of sp³-hybridized carbons (Fsp3) is 0.846. The molecule has 2 atom stereocenters. The first-order chi connectivity index (χ1) is 8.88. The molecule has 0 amide bonds. The monoisotopic (exact) mass is 249 g/mol. The molecule has 1 aromatic rings. The lowest BCUT2D eigenvalue weighted by atomic mass is 9.92. The SMILES string of the molecule is CCCn1ncnc1CN1CCCC2CNCC21. The summed E-state index contributed by atoms with van der Waals surface area (Å²) < 4.78 is 2.06.